The molecule has 1 aromatic carbocycles. The fraction of sp³-hybridized carbons (Fsp3) is 0.231. The largest absolute Gasteiger partial charge is 0.491 e. The Hall–Kier alpha value is -3.30. The highest BCUT2D eigenvalue weighted by molar-refractivity contribution is 5.72. The summed E-state index contributed by atoms with van der Waals surface area (Å²) >= 11 is 0. The number of benzene rings is 1. The molecular formula is C13H12N6O4. The molecule has 0 unspecified atom stereocenters. The van der Waals surface area contributed by atoms with Gasteiger partial charge in [0.05, 0.1) is 23.7 Å². The zero-order valence-corrected chi connectivity index (χ0v) is 12.1. The second-order valence-corrected chi connectivity index (χ2v) is 4.73. The monoisotopic (exact) mass is 316 g/mol. The van der Waals surface area contributed by atoms with E-state index in [0.717, 1.165) is 0 Å². The van der Waals surface area contributed by atoms with Crippen LogP contribution in [0.1, 0.15) is 0 Å². The van der Waals surface area contributed by atoms with E-state index in [2.05, 4.69) is 15.4 Å². The van der Waals surface area contributed by atoms with Crippen molar-refractivity contribution in [3.05, 3.63) is 50.9 Å². The van der Waals surface area contributed by atoms with E-state index in [4.69, 9.17) is 4.74 Å². The molecule has 2 heterocycles. The number of non-ortho nitro benzene ring substituents is 1. The minimum atomic E-state index is -0.501. The Kier molecular flexibility index (Phi) is 3.71. The van der Waals surface area contributed by atoms with Crippen LogP contribution in [0, 0.1) is 10.1 Å². The number of hydrogen-bond donors (Lipinski definition) is 0. The van der Waals surface area contributed by atoms with Gasteiger partial charge >= 0.3 is 0 Å². The zero-order chi connectivity index (χ0) is 16.4. The molecule has 0 aliphatic rings. The quantitative estimate of drug-likeness (QED) is 0.497. The number of aromatic nitrogens is 5. The van der Waals surface area contributed by atoms with E-state index in [1.54, 1.807) is 13.1 Å². The average molecular weight is 316 g/mol. The number of rotatable bonds is 5. The summed E-state index contributed by atoms with van der Waals surface area (Å²) in [5, 5.41) is 22.8. The van der Waals surface area contributed by atoms with E-state index >= 15 is 0 Å². The predicted octanol–water partition coefficient (Wildman–Crippen LogP) is 0.512. The van der Waals surface area contributed by atoms with E-state index in [0.29, 0.717) is 16.8 Å². The Bertz CT molecular complexity index is 932. The third-order valence-electron chi connectivity index (χ3n) is 3.22. The summed E-state index contributed by atoms with van der Waals surface area (Å²) in [6, 6.07) is 5.82. The smallest absolute Gasteiger partial charge is 0.280 e. The number of nitrogens with zero attached hydrogens (tertiary/aromatic N) is 6. The van der Waals surface area contributed by atoms with E-state index < -0.39 is 4.92 Å². The lowest BCUT2D eigenvalue weighted by Gasteiger charge is -2.06. The molecule has 0 amide bonds. The number of aryl methyl sites for hydroxylation is 1. The van der Waals surface area contributed by atoms with Crippen LogP contribution in [-0.2, 0) is 13.6 Å². The molecule has 23 heavy (non-hydrogen) atoms. The minimum absolute atomic E-state index is 0.0590. The Morgan fingerprint density at radius 1 is 1.39 bits per heavy atom. The first-order chi connectivity index (χ1) is 11.1. The van der Waals surface area contributed by atoms with Gasteiger partial charge in [-0.25, -0.2) is 9.36 Å². The van der Waals surface area contributed by atoms with Crippen molar-refractivity contribution in [1.82, 2.24) is 24.8 Å². The molecule has 0 saturated carbocycles. The molecule has 0 saturated heterocycles. The predicted molar refractivity (Wildman–Crippen MR) is 79.2 cm³/mol. The zero-order valence-electron chi connectivity index (χ0n) is 12.1. The Balaban J connectivity index is 1.72. The van der Waals surface area contributed by atoms with E-state index in [9.17, 15) is 14.9 Å². The van der Waals surface area contributed by atoms with Gasteiger partial charge in [0.2, 0.25) is 0 Å². The molecule has 2 aromatic heterocycles. The Morgan fingerprint density at radius 2 is 2.22 bits per heavy atom. The molecule has 0 atom stereocenters. The first-order valence-electron chi connectivity index (χ1n) is 6.69. The second kappa shape index (κ2) is 5.83. The highest BCUT2D eigenvalue weighted by Gasteiger charge is 2.10. The molecule has 0 aliphatic carbocycles. The van der Waals surface area contributed by atoms with Crippen molar-refractivity contribution in [2.24, 2.45) is 7.05 Å². The summed E-state index contributed by atoms with van der Waals surface area (Å²) in [7, 11) is 1.67. The molecule has 10 nitrogen and oxygen atoms in total. The Morgan fingerprint density at radius 3 is 3.00 bits per heavy atom. The van der Waals surface area contributed by atoms with Crippen molar-refractivity contribution in [1.29, 1.82) is 0 Å². The molecule has 10 heteroatoms. The number of fused-ring (bicyclic) bond motifs is 1. The molecule has 0 fully saturated rings. The van der Waals surface area contributed by atoms with Gasteiger partial charge in [0.15, 0.2) is 5.65 Å². The van der Waals surface area contributed by atoms with Crippen molar-refractivity contribution in [3.8, 4) is 5.75 Å². The van der Waals surface area contributed by atoms with Crippen molar-refractivity contribution >= 4 is 16.7 Å². The molecule has 118 valence electrons. The normalized spacial score (nSPS) is 10.8. The fourth-order valence-corrected chi connectivity index (χ4v) is 2.06. The molecular weight excluding hydrogens is 304 g/mol. The number of ether oxygens (including phenoxy) is 1. The van der Waals surface area contributed by atoms with Gasteiger partial charge in [-0.3, -0.25) is 14.9 Å². The summed E-state index contributed by atoms with van der Waals surface area (Å²) < 4.78 is 8.05. The summed E-state index contributed by atoms with van der Waals surface area (Å²) in [6.07, 6.45) is 1.43. The molecule has 0 radical (unpaired) electrons. The number of nitro groups is 1. The lowest BCUT2D eigenvalue weighted by Crippen LogP contribution is -2.26. The minimum Gasteiger partial charge on any atom is -0.491 e. The van der Waals surface area contributed by atoms with Crippen molar-refractivity contribution < 1.29 is 9.66 Å². The second-order valence-electron chi connectivity index (χ2n) is 4.73. The third-order valence-corrected chi connectivity index (χ3v) is 3.22. The highest BCUT2D eigenvalue weighted by atomic mass is 16.6. The van der Waals surface area contributed by atoms with Gasteiger partial charge in [0.25, 0.3) is 11.2 Å². The number of hydrogen-bond acceptors (Lipinski definition) is 7. The maximum Gasteiger partial charge on any atom is 0.280 e. The topological polar surface area (TPSA) is 118 Å². The van der Waals surface area contributed by atoms with Crippen molar-refractivity contribution in [3.63, 3.8) is 0 Å². The average Bonchev–Trinajstić information content (AvgIpc) is 2.92. The van der Waals surface area contributed by atoms with Crippen LogP contribution >= 0.6 is 0 Å². The highest BCUT2D eigenvalue weighted by Crippen LogP contribution is 2.18. The molecule has 0 spiro atoms. The SMILES string of the molecule is Cn1ncc2c(=O)n(CCOc3cccc([N+](=O)[O-])c3)nnc21. The van der Waals surface area contributed by atoms with E-state index in [1.807, 2.05) is 0 Å². The Labute approximate surface area is 129 Å². The molecule has 3 aromatic rings. The van der Waals surface area contributed by atoms with Crippen LogP contribution in [0.4, 0.5) is 5.69 Å². The van der Waals surface area contributed by atoms with E-state index in [-0.39, 0.29) is 24.4 Å². The summed E-state index contributed by atoms with van der Waals surface area (Å²) in [5.74, 6) is 0.350. The molecule has 0 bridgehead atoms. The van der Waals surface area contributed by atoms with Gasteiger partial charge in [-0.2, -0.15) is 5.10 Å². The van der Waals surface area contributed by atoms with Crippen LogP contribution in [0.5, 0.6) is 5.75 Å². The van der Waals surface area contributed by atoms with Crippen LogP contribution in [-0.4, -0.2) is 36.3 Å². The third kappa shape index (κ3) is 2.86. The van der Waals surface area contributed by atoms with Crippen molar-refractivity contribution in [2.45, 2.75) is 6.54 Å². The maximum atomic E-state index is 12.2. The van der Waals surface area contributed by atoms with Gasteiger partial charge in [-0.15, -0.1) is 5.10 Å². The van der Waals surface area contributed by atoms with Gasteiger partial charge in [0, 0.05) is 13.1 Å². The van der Waals surface area contributed by atoms with Crippen LogP contribution in [0.15, 0.2) is 35.3 Å². The fourth-order valence-electron chi connectivity index (χ4n) is 2.06. The maximum absolute atomic E-state index is 12.2. The van der Waals surface area contributed by atoms with Gasteiger partial charge < -0.3 is 4.74 Å². The van der Waals surface area contributed by atoms with Gasteiger partial charge in [0.1, 0.15) is 17.7 Å². The first-order valence-corrected chi connectivity index (χ1v) is 6.69. The summed E-state index contributed by atoms with van der Waals surface area (Å²) in [4.78, 5) is 22.4. The number of nitro benzene ring substituents is 1. The lowest BCUT2D eigenvalue weighted by atomic mass is 10.3. The van der Waals surface area contributed by atoms with Crippen LogP contribution in [0.3, 0.4) is 0 Å². The molecule has 3 rings (SSSR count). The first kappa shape index (κ1) is 14.6. The van der Waals surface area contributed by atoms with Crippen LogP contribution < -0.4 is 10.3 Å². The lowest BCUT2D eigenvalue weighted by molar-refractivity contribution is -0.384. The van der Waals surface area contributed by atoms with E-state index in [1.165, 1.54) is 33.8 Å². The van der Waals surface area contributed by atoms with Crippen LogP contribution in [0.2, 0.25) is 0 Å². The van der Waals surface area contributed by atoms with Crippen LogP contribution in [0.25, 0.3) is 11.0 Å². The standard InChI is InChI=1S/C13H12N6O4/c1-17-12-11(8-14-17)13(20)18(16-15-12)5-6-23-10-4-2-3-9(7-10)19(21)22/h2-4,7-8H,5-6H2,1H3. The summed E-state index contributed by atoms with van der Waals surface area (Å²) in [6.45, 7) is 0.293. The molecule has 0 N–H and O–H groups in total. The summed E-state index contributed by atoms with van der Waals surface area (Å²) in [5.41, 5.74) is 0.0350. The van der Waals surface area contributed by atoms with Crippen molar-refractivity contribution in [2.75, 3.05) is 6.61 Å². The van der Waals surface area contributed by atoms with Gasteiger partial charge in [-0.05, 0) is 6.07 Å². The molecule has 0 aliphatic heterocycles. The van der Waals surface area contributed by atoms with Gasteiger partial charge in [-0.1, -0.05) is 11.3 Å².